The summed E-state index contributed by atoms with van der Waals surface area (Å²) in [6.45, 7) is 3.74. The molecule has 0 atom stereocenters. The molecular weight excluding hydrogens is 416 g/mol. The zero-order valence-corrected chi connectivity index (χ0v) is 18.7. The zero-order valence-electron chi connectivity index (χ0n) is 17.1. The fraction of sp³-hybridized carbons (Fsp3) is 0.478. The van der Waals surface area contributed by atoms with Crippen LogP contribution in [0.1, 0.15) is 41.7 Å². The monoisotopic (exact) mass is 442 g/mol. The number of rotatable bonds is 4. The number of nitrogens with zero attached hydrogens (tertiary/aromatic N) is 3. The number of hydrogen-bond donors (Lipinski definition) is 1. The number of hydrogen-bond acceptors (Lipinski definition) is 5. The van der Waals surface area contributed by atoms with E-state index in [4.69, 9.17) is 11.6 Å². The van der Waals surface area contributed by atoms with Crippen molar-refractivity contribution in [3.05, 3.63) is 45.3 Å². The van der Waals surface area contributed by atoms with E-state index in [1.165, 1.54) is 29.7 Å². The van der Waals surface area contributed by atoms with Crippen LogP contribution in [0.5, 0.6) is 0 Å². The number of carbonyl (C=O) groups excluding carboxylic acids is 1. The highest BCUT2D eigenvalue weighted by atomic mass is 35.5. The molecule has 1 saturated heterocycles. The lowest BCUT2D eigenvalue weighted by Gasteiger charge is -2.35. The smallest absolute Gasteiger partial charge is 0.239 e. The number of amides is 1. The molecule has 5 nitrogen and oxygen atoms in total. The molecule has 1 aromatic carbocycles. The highest BCUT2D eigenvalue weighted by Crippen LogP contribution is 2.36. The minimum atomic E-state index is -0.0306. The van der Waals surface area contributed by atoms with Gasteiger partial charge in [-0.05, 0) is 49.4 Å². The summed E-state index contributed by atoms with van der Waals surface area (Å²) in [6.07, 6.45) is 6.75. The summed E-state index contributed by atoms with van der Waals surface area (Å²) in [5, 5.41) is 14.2. The summed E-state index contributed by atoms with van der Waals surface area (Å²) >= 11 is 7.71. The second kappa shape index (κ2) is 9.82. The Labute approximate surface area is 187 Å². The molecule has 0 bridgehead atoms. The molecule has 2 aromatic rings. The van der Waals surface area contributed by atoms with Gasteiger partial charge in [0.25, 0.3) is 0 Å². The number of piperazine rings is 1. The van der Waals surface area contributed by atoms with Gasteiger partial charge < -0.3 is 10.2 Å². The minimum Gasteiger partial charge on any atom is -0.369 e. The predicted octanol–water partition coefficient (Wildman–Crippen LogP) is 4.69. The van der Waals surface area contributed by atoms with Crippen LogP contribution in [0.3, 0.4) is 0 Å². The van der Waals surface area contributed by atoms with E-state index in [2.05, 4.69) is 27.3 Å². The van der Waals surface area contributed by atoms with Crippen LogP contribution in [-0.4, -0.2) is 43.5 Å². The summed E-state index contributed by atoms with van der Waals surface area (Å²) in [5.74, 6) is -0.0306. The molecule has 2 aliphatic rings. The van der Waals surface area contributed by atoms with Crippen molar-refractivity contribution in [1.82, 2.24) is 4.90 Å². The van der Waals surface area contributed by atoms with Crippen molar-refractivity contribution in [3.8, 4) is 6.07 Å². The molecule has 30 heavy (non-hydrogen) atoms. The molecule has 0 radical (unpaired) electrons. The maximum Gasteiger partial charge on any atom is 0.239 e. The zero-order chi connectivity index (χ0) is 20.9. The molecule has 1 aliphatic carbocycles. The molecule has 2 heterocycles. The van der Waals surface area contributed by atoms with E-state index in [0.717, 1.165) is 61.2 Å². The number of aryl methyl sites for hydroxylation is 1. The van der Waals surface area contributed by atoms with E-state index in [1.54, 1.807) is 11.3 Å². The number of anilines is 2. The highest BCUT2D eigenvalue weighted by Gasteiger charge is 2.23. The first-order valence-electron chi connectivity index (χ1n) is 10.7. The Bertz CT molecular complexity index is 943. The van der Waals surface area contributed by atoms with Gasteiger partial charge in [0.2, 0.25) is 5.91 Å². The largest absolute Gasteiger partial charge is 0.369 e. The van der Waals surface area contributed by atoms with Crippen LogP contribution in [-0.2, 0) is 17.6 Å². The Morgan fingerprint density at radius 3 is 2.63 bits per heavy atom. The average Bonchev–Trinajstić information content (AvgIpc) is 3.03. The van der Waals surface area contributed by atoms with Crippen molar-refractivity contribution in [3.63, 3.8) is 0 Å². The lowest BCUT2D eigenvalue weighted by Crippen LogP contribution is -2.48. The van der Waals surface area contributed by atoms with Crippen LogP contribution >= 0.6 is 22.9 Å². The van der Waals surface area contributed by atoms with Gasteiger partial charge in [0.15, 0.2) is 0 Å². The van der Waals surface area contributed by atoms with Crippen molar-refractivity contribution in [2.45, 2.75) is 38.5 Å². The minimum absolute atomic E-state index is 0.0306. The van der Waals surface area contributed by atoms with Crippen molar-refractivity contribution in [2.75, 3.05) is 42.9 Å². The van der Waals surface area contributed by atoms with E-state index >= 15 is 0 Å². The number of nitrogens with one attached hydrogen (secondary N) is 1. The number of thiophene rings is 1. The molecule has 0 unspecified atom stereocenters. The van der Waals surface area contributed by atoms with E-state index in [9.17, 15) is 10.1 Å². The molecule has 4 rings (SSSR count). The molecule has 1 aromatic heterocycles. The van der Waals surface area contributed by atoms with Gasteiger partial charge in [-0.3, -0.25) is 9.69 Å². The second-order valence-corrected chi connectivity index (χ2v) is 9.57. The number of carbonyl (C=O) groups is 1. The standard InChI is InChI=1S/C23H27ClN4OS/c24-17-6-5-7-18(14-17)28-12-10-27(11-13-28)16-22(29)26-23-20(15-25)19-8-3-1-2-4-9-21(19)30-23/h5-7,14H,1-4,8-13,16H2,(H,26,29). The predicted molar refractivity (Wildman–Crippen MR) is 124 cm³/mol. The van der Waals surface area contributed by atoms with Gasteiger partial charge in [-0.1, -0.05) is 30.5 Å². The van der Waals surface area contributed by atoms with Gasteiger partial charge in [0, 0.05) is 41.8 Å². The van der Waals surface area contributed by atoms with Gasteiger partial charge in [0.05, 0.1) is 12.1 Å². The van der Waals surface area contributed by atoms with Gasteiger partial charge in [-0.25, -0.2) is 0 Å². The Balaban J connectivity index is 1.34. The Kier molecular flexibility index (Phi) is 6.93. The van der Waals surface area contributed by atoms with Crippen molar-refractivity contribution < 1.29 is 4.79 Å². The molecule has 158 valence electrons. The maximum absolute atomic E-state index is 12.7. The lowest BCUT2D eigenvalue weighted by molar-refractivity contribution is -0.117. The summed E-state index contributed by atoms with van der Waals surface area (Å²) < 4.78 is 0. The third kappa shape index (κ3) is 4.97. The van der Waals surface area contributed by atoms with Gasteiger partial charge >= 0.3 is 0 Å². The topological polar surface area (TPSA) is 59.4 Å². The highest BCUT2D eigenvalue weighted by molar-refractivity contribution is 7.16. The molecule has 0 saturated carbocycles. The first-order valence-corrected chi connectivity index (χ1v) is 11.9. The number of fused-ring (bicyclic) bond motifs is 1. The first-order chi connectivity index (χ1) is 14.6. The molecular formula is C23H27ClN4OS. The number of nitriles is 1. The maximum atomic E-state index is 12.7. The van der Waals surface area contributed by atoms with Gasteiger partial charge in [-0.15, -0.1) is 11.3 Å². The van der Waals surface area contributed by atoms with E-state index < -0.39 is 0 Å². The van der Waals surface area contributed by atoms with Gasteiger partial charge in [0.1, 0.15) is 11.1 Å². The molecule has 1 fully saturated rings. The van der Waals surface area contributed by atoms with Gasteiger partial charge in [-0.2, -0.15) is 5.26 Å². The molecule has 0 spiro atoms. The van der Waals surface area contributed by atoms with E-state index in [-0.39, 0.29) is 5.91 Å². The second-order valence-electron chi connectivity index (χ2n) is 8.03. The summed E-state index contributed by atoms with van der Waals surface area (Å²) in [6, 6.07) is 10.3. The summed E-state index contributed by atoms with van der Waals surface area (Å²) in [4.78, 5) is 18.5. The Morgan fingerprint density at radius 1 is 1.13 bits per heavy atom. The fourth-order valence-corrected chi connectivity index (χ4v) is 5.77. The van der Waals surface area contributed by atoms with Crippen molar-refractivity contribution >= 4 is 39.5 Å². The normalized spacial score (nSPS) is 17.5. The Hall–Kier alpha value is -2.07. The molecule has 1 amide bonds. The number of halogens is 1. The van der Waals surface area contributed by atoms with Crippen LogP contribution in [0.25, 0.3) is 0 Å². The van der Waals surface area contributed by atoms with Crippen LogP contribution < -0.4 is 10.2 Å². The lowest BCUT2D eigenvalue weighted by atomic mass is 9.97. The van der Waals surface area contributed by atoms with Crippen LogP contribution in [0.2, 0.25) is 5.02 Å². The first kappa shape index (κ1) is 21.2. The average molecular weight is 443 g/mol. The van der Waals surface area contributed by atoms with Crippen LogP contribution in [0.4, 0.5) is 10.7 Å². The van der Waals surface area contributed by atoms with Crippen molar-refractivity contribution in [1.29, 1.82) is 5.26 Å². The molecule has 1 N–H and O–H groups in total. The quantitative estimate of drug-likeness (QED) is 0.745. The fourth-order valence-electron chi connectivity index (χ4n) is 4.33. The molecule has 1 aliphatic heterocycles. The molecule has 7 heteroatoms. The van der Waals surface area contributed by atoms with Crippen LogP contribution in [0.15, 0.2) is 24.3 Å². The summed E-state index contributed by atoms with van der Waals surface area (Å²) in [7, 11) is 0. The van der Waals surface area contributed by atoms with E-state index in [0.29, 0.717) is 12.1 Å². The Morgan fingerprint density at radius 2 is 1.90 bits per heavy atom. The third-order valence-corrected chi connectivity index (χ3v) is 7.39. The van der Waals surface area contributed by atoms with Crippen LogP contribution in [0, 0.1) is 11.3 Å². The van der Waals surface area contributed by atoms with Crippen molar-refractivity contribution in [2.24, 2.45) is 0 Å². The number of benzene rings is 1. The SMILES string of the molecule is N#Cc1c(NC(=O)CN2CCN(c3cccc(Cl)c3)CC2)sc2c1CCCCCC2. The summed E-state index contributed by atoms with van der Waals surface area (Å²) in [5.41, 5.74) is 2.99. The van der Waals surface area contributed by atoms with E-state index in [1.807, 2.05) is 18.2 Å². The third-order valence-electron chi connectivity index (χ3n) is 5.95.